The molecule has 1 heterocycles. The average Bonchev–Trinajstić information content (AvgIpc) is 2.86. The van der Waals surface area contributed by atoms with Crippen molar-refractivity contribution in [3.63, 3.8) is 0 Å². The molecule has 2 rings (SSSR count). The standard InChI is InChI=1S/C15H19ClN2O/c1-11(2)18-8-7-13(17-18)9-12(10-19)14-5-3-4-6-15(14)16/h3-8,11-12,19H,9-10H2,1-2H3. The fraction of sp³-hybridized carbons (Fsp3) is 0.400. The fourth-order valence-electron chi connectivity index (χ4n) is 2.11. The maximum atomic E-state index is 9.59. The number of aliphatic hydroxyl groups excluding tert-OH is 1. The second kappa shape index (κ2) is 6.22. The van der Waals surface area contributed by atoms with E-state index in [0.29, 0.717) is 17.5 Å². The number of nitrogens with zero attached hydrogens (tertiary/aromatic N) is 2. The van der Waals surface area contributed by atoms with Crippen LogP contribution in [0.1, 0.15) is 37.1 Å². The quantitative estimate of drug-likeness (QED) is 0.910. The summed E-state index contributed by atoms with van der Waals surface area (Å²) in [4.78, 5) is 0. The van der Waals surface area contributed by atoms with Gasteiger partial charge in [0.05, 0.1) is 12.3 Å². The predicted molar refractivity (Wildman–Crippen MR) is 77.6 cm³/mol. The van der Waals surface area contributed by atoms with Crippen LogP contribution in [0.25, 0.3) is 0 Å². The molecule has 1 aromatic heterocycles. The van der Waals surface area contributed by atoms with Crippen molar-refractivity contribution in [2.45, 2.75) is 32.2 Å². The molecular weight excluding hydrogens is 260 g/mol. The number of hydrogen-bond donors (Lipinski definition) is 1. The second-order valence-electron chi connectivity index (χ2n) is 4.99. The van der Waals surface area contributed by atoms with Gasteiger partial charge in [-0.25, -0.2) is 0 Å². The van der Waals surface area contributed by atoms with Gasteiger partial charge in [-0.15, -0.1) is 0 Å². The summed E-state index contributed by atoms with van der Waals surface area (Å²) in [5, 5.41) is 14.8. The molecule has 0 bridgehead atoms. The Morgan fingerprint density at radius 2 is 2.00 bits per heavy atom. The lowest BCUT2D eigenvalue weighted by Gasteiger charge is -2.15. The number of rotatable bonds is 5. The highest BCUT2D eigenvalue weighted by Gasteiger charge is 2.16. The van der Waals surface area contributed by atoms with Crippen molar-refractivity contribution >= 4 is 11.6 Å². The maximum Gasteiger partial charge on any atom is 0.0631 e. The van der Waals surface area contributed by atoms with Crippen LogP contribution in [0.3, 0.4) is 0 Å². The molecule has 1 atom stereocenters. The van der Waals surface area contributed by atoms with Gasteiger partial charge in [-0.2, -0.15) is 5.10 Å². The van der Waals surface area contributed by atoms with Crippen molar-refractivity contribution in [3.05, 3.63) is 52.8 Å². The monoisotopic (exact) mass is 278 g/mol. The predicted octanol–water partition coefficient (Wildman–Crippen LogP) is 3.44. The number of aliphatic hydroxyl groups is 1. The van der Waals surface area contributed by atoms with Crippen LogP contribution >= 0.6 is 11.6 Å². The van der Waals surface area contributed by atoms with Crippen LogP contribution in [0, 0.1) is 0 Å². The topological polar surface area (TPSA) is 38.0 Å². The zero-order valence-electron chi connectivity index (χ0n) is 11.3. The van der Waals surface area contributed by atoms with E-state index in [2.05, 4.69) is 18.9 Å². The van der Waals surface area contributed by atoms with Crippen LogP contribution in [0.4, 0.5) is 0 Å². The van der Waals surface area contributed by atoms with E-state index in [1.54, 1.807) is 0 Å². The highest BCUT2D eigenvalue weighted by Crippen LogP contribution is 2.26. The lowest BCUT2D eigenvalue weighted by molar-refractivity contribution is 0.263. The molecule has 0 saturated heterocycles. The highest BCUT2D eigenvalue weighted by molar-refractivity contribution is 6.31. The van der Waals surface area contributed by atoms with Crippen molar-refractivity contribution in [3.8, 4) is 0 Å². The summed E-state index contributed by atoms with van der Waals surface area (Å²) in [6.45, 7) is 4.25. The van der Waals surface area contributed by atoms with E-state index in [1.807, 2.05) is 41.2 Å². The summed E-state index contributed by atoms with van der Waals surface area (Å²) in [5.74, 6) is -0.00999. The van der Waals surface area contributed by atoms with Crippen LogP contribution in [0.5, 0.6) is 0 Å². The van der Waals surface area contributed by atoms with Crippen LogP contribution in [0.15, 0.2) is 36.5 Å². The molecule has 0 aliphatic rings. The second-order valence-corrected chi connectivity index (χ2v) is 5.39. The molecule has 102 valence electrons. The smallest absolute Gasteiger partial charge is 0.0631 e. The van der Waals surface area contributed by atoms with Gasteiger partial charge in [0.2, 0.25) is 0 Å². The fourth-order valence-corrected chi connectivity index (χ4v) is 2.40. The minimum Gasteiger partial charge on any atom is -0.396 e. The van der Waals surface area contributed by atoms with Gasteiger partial charge in [0.15, 0.2) is 0 Å². The van der Waals surface area contributed by atoms with Gasteiger partial charge in [-0.05, 0) is 31.5 Å². The van der Waals surface area contributed by atoms with Gasteiger partial charge in [0.25, 0.3) is 0 Å². The number of halogens is 1. The molecule has 1 aromatic carbocycles. The van der Waals surface area contributed by atoms with Gasteiger partial charge in [0.1, 0.15) is 0 Å². The lowest BCUT2D eigenvalue weighted by Crippen LogP contribution is -2.10. The average molecular weight is 279 g/mol. The number of benzene rings is 1. The SMILES string of the molecule is CC(C)n1ccc(CC(CO)c2ccccc2Cl)n1. The van der Waals surface area contributed by atoms with E-state index >= 15 is 0 Å². The van der Waals surface area contributed by atoms with Crippen molar-refractivity contribution in [1.82, 2.24) is 9.78 Å². The highest BCUT2D eigenvalue weighted by atomic mass is 35.5. The molecule has 19 heavy (non-hydrogen) atoms. The molecule has 4 heteroatoms. The van der Waals surface area contributed by atoms with Crippen molar-refractivity contribution in [2.75, 3.05) is 6.61 Å². The first-order chi connectivity index (χ1) is 9.11. The molecule has 2 aromatic rings. The summed E-state index contributed by atoms with van der Waals surface area (Å²) in [6.07, 6.45) is 2.67. The maximum absolute atomic E-state index is 9.59. The van der Waals surface area contributed by atoms with Gasteiger partial charge in [-0.3, -0.25) is 4.68 Å². The van der Waals surface area contributed by atoms with Crippen LogP contribution in [-0.2, 0) is 6.42 Å². The molecular formula is C15H19ClN2O. The Morgan fingerprint density at radius 3 is 2.58 bits per heavy atom. The molecule has 0 spiro atoms. The molecule has 1 unspecified atom stereocenters. The zero-order valence-corrected chi connectivity index (χ0v) is 12.0. The number of hydrogen-bond acceptors (Lipinski definition) is 2. The van der Waals surface area contributed by atoms with Crippen LogP contribution < -0.4 is 0 Å². The first-order valence-corrected chi connectivity index (χ1v) is 6.89. The summed E-state index contributed by atoms with van der Waals surface area (Å²) < 4.78 is 1.93. The van der Waals surface area contributed by atoms with Crippen LogP contribution in [-0.4, -0.2) is 21.5 Å². The van der Waals surface area contributed by atoms with E-state index in [1.165, 1.54) is 0 Å². The molecule has 3 nitrogen and oxygen atoms in total. The Kier molecular flexibility index (Phi) is 4.61. The first kappa shape index (κ1) is 14.1. The van der Waals surface area contributed by atoms with Gasteiger partial charge >= 0.3 is 0 Å². The van der Waals surface area contributed by atoms with E-state index in [9.17, 15) is 5.11 Å². The van der Waals surface area contributed by atoms with Crippen molar-refractivity contribution < 1.29 is 5.11 Å². The molecule has 0 aliphatic heterocycles. The minimum absolute atomic E-state index is 0.00999. The molecule has 1 N–H and O–H groups in total. The lowest BCUT2D eigenvalue weighted by atomic mass is 9.95. The zero-order chi connectivity index (χ0) is 13.8. The normalized spacial score (nSPS) is 12.9. The molecule has 0 amide bonds. The first-order valence-electron chi connectivity index (χ1n) is 6.51. The van der Waals surface area contributed by atoms with Gasteiger partial charge in [-0.1, -0.05) is 29.8 Å². The van der Waals surface area contributed by atoms with Crippen molar-refractivity contribution in [2.24, 2.45) is 0 Å². The third-order valence-corrected chi connectivity index (χ3v) is 3.56. The minimum atomic E-state index is -0.00999. The number of aromatic nitrogens is 2. The van der Waals surface area contributed by atoms with Crippen LogP contribution in [0.2, 0.25) is 5.02 Å². The largest absolute Gasteiger partial charge is 0.396 e. The Balaban J connectivity index is 2.17. The third-order valence-electron chi connectivity index (χ3n) is 3.21. The Labute approximate surface area is 118 Å². The molecule has 0 aliphatic carbocycles. The van der Waals surface area contributed by atoms with E-state index in [-0.39, 0.29) is 12.5 Å². The van der Waals surface area contributed by atoms with Gasteiger partial charge in [0, 0.05) is 29.6 Å². The van der Waals surface area contributed by atoms with Crippen molar-refractivity contribution in [1.29, 1.82) is 0 Å². The molecule has 0 radical (unpaired) electrons. The van der Waals surface area contributed by atoms with E-state index in [0.717, 1.165) is 11.3 Å². The van der Waals surface area contributed by atoms with E-state index in [4.69, 9.17) is 11.6 Å². The van der Waals surface area contributed by atoms with Gasteiger partial charge < -0.3 is 5.11 Å². The Bertz CT molecular complexity index is 536. The summed E-state index contributed by atoms with van der Waals surface area (Å²) >= 11 is 6.18. The Hall–Kier alpha value is -1.32. The van der Waals surface area contributed by atoms with E-state index < -0.39 is 0 Å². The molecule has 0 fully saturated rings. The summed E-state index contributed by atoms with van der Waals surface area (Å²) in [6, 6.07) is 10.0. The summed E-state index contributed by atoms with van der Waals surface area (Å²) in [5.41, 5.74) is 1.96. The molecule has 0 saturated carbocycles. The third kappa shape index (κ3) is 3.37. The summed E-state index contributed by atoms with van der Waals surface area (Å²) in [7, 11) is 0. The Morgan fingerprint density at radius 1 is 1.26 bits per heavy atom.